The number of piperidine rings is 1. The van der Waals surface area contributed by atoms with Crippen LogP contribution in [-0.4, -0.2) is 37.9 Å². The average molecular weight is 289 g/mol. The fourth-order valence-electron chi connectivity index (χ4n) is 2.96. The van der Waals surface area contributed by atoms with Crippen molar-refractivity contribution in [1.29, 1.82) is 0 Å². The highest BCUT2D eigenvalue weighted by atomic mass is 16.5. The fourth-order valence-corrected chi connectivity index (χ4v) is 2.96. The first-order valence-corrected chi connectivity index (χ1v) is 7.35. The van der Waals surface area contributed by atoms with Crippen LogP contribution in [0.2, 0.25) is 0 Å². The number of hydrogen-bond donors (Lipinski definition) is 1. The van der Waals surface area contributed by atoms with Gasteiger partial charge in [-0.1, -0.05) is 6.07 Å². The molecule has 1 aromatic rings. The number of carbonyl (C=O) groups is 1. The molecule has 0 aliphatic carbocycles. The highest BCUT2D eigenvalue weighted by molar-refractivity contribution is 5.85. The summed E-state index contributed by atoms with van der Waals surface area (Å²) in [7, 11) is 1.76. The van der Waals surface area contributed by atoms with Gasteiger partial charge in [0, 0.05) is 32.0 Å². The van der Waals surface area contributed by atoms with E-state index in [0.29, 0.717) is 5.92 Å². The van der Waals surface area contributed by atoms with E-state index in [1.54, 1.807) is 13.2 Å². The number of hydrogen-bond acceptors (Lipinski definition) is 3. The van der Waals surface area contributed by atoms with Crippen molar-refractivity contribution in [2.75, 3.05) is 31.7 Å². The molecule has 1 aliphatic rings. The second kappa shape index (κ2) is 7.27. The summed E-state index contributed by atoms with van der Waals surface area (Å²) < 4.78 is 5.28. The summed E-state index contributed by atoms with van der Waals surface area (Å²) in [4.78, 5) is 13.0. The summed E-state index contributed by atoms with van der Waals surface area (Å²) in [6.45, 7) is 4.99. The minimum absolute atomic E-state index is 0.592. The lowest BCUT2D eigenvalue weighted by Crippen LogP contribution is -2.37. The van der Waals surface area contributed by atoms with Crippen molar-refractivity contribution in [3.05, 3.63) is 35.4 Å². The zero-order valence-electron chi connectivity index (χ0n) is 12.7. The van der Waals surface area contributed by atoms with Crippen LogP contribution in [0.1, 0.15) is 24.0 Å². The Balaban J connectivity index is 2.11. The number of methoxy groups -OCH3 is 1. The Labute approximate surface area is 126 Å². The molecule has 1 N–H and O–H groups in total. The summed E-state index contributed by atoms with van der Waals surface area (Å²) in [6, 6.07) is 6.10. The van der Waals surface area contributed by atoms with Crippen LogP contribution in [0.4, 0.5) is 5.69 Å². The van der Waals surface area contributed by atoms with Crippen molar-refractivity contribution in [2.45, 2.75) is 19.8 Å². The molecule has 1 aromatic carbocycles. The number of benzene rings is 1. The molecule has 0 saturated carbocycles. The number of nitrogens with zero attached hydrogens (tertiary/aromatic N) is 1. The summed E-state index contributed by atoms with van der Waals surface area (Å²) in [5, 5.41) is 8.68. The van der Waals surface area contributed by atoms with Gasteiger partial charge in [0.1, 0.15) is 0 Å². The third kappa shape index (κ3) is 4.33. The molecular formula is C17H23NO3. The van der Waals surface area contributed by atoms with E-state index in [0.717, 1.165) is 25.3 Å². The number of carboxylic acids is 1. The third-order valence-corrected chi connectivity index (χ3v) is 3.90. The Morgan fingerprint density at radius 2 is 2.33 bits per heavy atom. The first-order valence-electron chi connectivity index (χ1n) is 7.35. The number of aliphatic carboxylic acids is 1. The molecule has 0 bridgehead atoms. The fraction of sp³-hybridized carbons (Fsp3) is 0.471. The van der Waals surface area contributed by atoms with Crippen LogP contribution in [0.25, 0.3) is 6.08 Å². The van der Waals surface area contributed by atoms with Crippen LogP contribution in [-0.2, 0) is 9.53 Å². The van der Waals surface area contributed by atoms with Gasteiger partial charge >= 0.3 is 5.97 Å². The predicted octanol–water partition coefficient (Wildman–Crippen LogP) is 2.96. The summed E-state index contributed by atoms with van der Waals surface area (Å²) in [6.07, 6.45) is 5.21. The normalized spacial score (nSPS) is 19.1. The van der Waals surface area contributed by atoms with Crippen LogP contribution < -0.4 is 4.90 Å². The Hall–Kier alpha value is -1.81. The molecule has 114 valence electrons. The van der Waals surface area contributed by atoms with E-state index in [1.165, 1.54) is 30.2 Å². The van der Waals surface area contributed by atoms with Gasteiger partial charge in [-0.3, -0.25) is 0 Å². The van der Waals surface area contributed by atoms with Crippen LogP contribution >= 0.6 is 0 Å². The summed E-state index contributed by atoms with van der Waals surface area (Å²) in [5.41, 5.74) is 3.34. The maximum Gasteiger partial charge on any atom is 0.328 e. The van der Waals surface area contributed by atoms with Gasteiger partial charge in [-0.2, -0.15) is 0 Å². The number of carboxylic acid groups (broad SMARTS) is 1. The van der Waals surface area contributed by atoms with E-state index in [2.05, 4.69) is 17.9 Å². The first-order chi connectivity index (χ1) is 10.1. The maximum atomic E-state index is 10.6. The molecule has 1 aliphatic heterocycles. The summed E-state index contributed by atoms with van der Waals surface area (Å²) >= 11 is 0. The molecule has 0 amide bonds. The van der Waals surface area contributed by atoms with Gasteiger partial charge in [0.15, 0.2) is 0 Å². The highest BCUT2D eigenvalue weighted by Crippen LogP contribution is 2.27. The predicted molar refractivity (Wildman–Crippen MR) is 84.7 cm³/mol. The maximum absolute atomic E-state index is 10.6. The molecule has 0 radical (unpaired) electrons. The monoisotopic (exact) mass is 289 g/mol. The molecule has 0 spiro atoms. The molecule has 4 nitrogen and oxygen atoms in total. The van der Waals surface area contributed by atoms with Crippen LogP contribution in [0, 0.1) is 12.8 Å². The highest BCUT2D eigenvalue weighted by Gasteiger charge is 2.20. The Kier molecular flexibility index (Phi) is 5.39. The van der Waals surface area contributed by atoms with Crippen LogP contribution in [0.15, 0.2) is 24.3 Å². The third-order valence-electron chi connectivity index (χ3n) is 3.90. The molecule has 1 fully saturated rings. The van der Waals surface area contributed by atoms with E-state index in [-0.39, 0.29) is 0 Å². The lowest BCUT2D eigenvalue weighted by Gasteiger charge is -2.35. The first kappa shape index (κ1) is 15.6. The number of anilines is 1. The molecular weight excluding hydrogens is 266 g/mol. The standard InChI is InChI=1S/C17H23NO3/c1-13-10-14(6-8-17(19)20)5-7-16(13)18-9-3-4-15(11-18)12-21-2/h5-8,10,15H,3-4,9,11-12H2,1-2H3,(H,19,20)/b8-6+. The van der Waals surface area contributed by atoms with E-state index < -0.39 is 5.97 Å². The van der Waals surface area contributed by atoms with Crippen molar-refractivity contribution in [2.24, 2.45) is 5.92 Å². The molecule has 1 unspecified atom stereocenters. The van der Waals surface area contributed by atoms with Crippen LogP contribution in [0.5, 0.6) is 0 Å². The van der Waals surface area contributed by atoms with Gasteiger partial charge in [-0.05, 0) is 55.0 Å². The van der Waals surface area contributed by atoms with E-state index in [1.807, 2.05) is 12.1 Å². The number of ether oxygens (including phenoxy) is 1. The Bertz CT molecular complexity index is 523. The van der Waals surface area contributed by atoms with Crippen molar-refractivity contribution < 1.29 is 14.6 Å². The smallest absolute Gasteiger partial charge is 0.328 e. The average Bonchev–Trinajstić information content (AvgIpc) is 2.46. The van der Waals surface area contributed by atoms with Gasteiger partial charge in [0.25, 0.3) is 0 Å². The van der Waals surface area contributed by atoms with Crippen molar-refractivity contribution in [3.8, 4) is 0 Å². The molecule has 1 heterocycles. The zero-order valence-corrected chi connectivity index (χ0v) is 12.7. The lowest BCUT2D eigenvalue weighted by atomic mass is 9.97. The van der Waals surface area contributed by atoms with Gasteiger partial charge in [-0.25, -0.2) is 4.79 Å². The van der Waals surface area contributed by atoms with Gasteiger partial charge in [0.2, 0.25) is 0 Å². The quantitative estimate of drug-likeness (QED) is 0.847. The topological polar surface area (TPSA) is 49.8 Å². The van der Waals surface area contributed by atoms with Crippen molar-refractivity contribution in [3.63, 3.8) is 0 Å². The van der Waals surface area contributed by atoms with E-state index in [9.17, 15) is 4.79 Å². The minimum Gasteiger partial charge on any atom is -0.478 e. The lowest BCUT2D eigenvalue weighted by molar-refractivity contribution is -0.131. The largest absolute Gasteiger partial charge is 0.478 e. The van der Waals surface area contributed by atoms with Crippen LogP contribution in [0.3, 0.4) is 0 Å². The van der Waals surface area contributed by atoms with Gasteiger partial charge in [-0.15, -0.1) is 0 Å². The van der Waals surface area contributed by atoms with Gasteiger partial charge < -0.3 is 14.7 Å². The Morgan fingerprint density at radius 3 is 3.00 bits per heavy atom. The van der Waals surface area contributed by atoms with Gasteiger partial charge in [0.05, 0.1) is 6.61 Å². The number of rotatable bonds is 5. The molecule has 21 heavy (non-hydrogen) atoms. The number of aryl methyl sites for hydroxylation is 1. The molecule has 2 rings (SSSR count). The molecule has 0 aromatic heterocycles. The Morgan fingerprint density at radius 1 is 1.52 bits per heavy atom. The minimum atomic E-state index is -0.921. The van der Waals surface area contributed by atoms with E-state index in [4.69, 9.17) is 9.84 Å². The molecule has 1 atom stereocenters. The zero-order chi connectivity index (χ0) is 15.2. The molecule has 1 saturated heterocycles. The summed E-state index contributed by atoms with van der Waals surface area (Å²) in [5.74, 6) is -0.329. The van der Waals surface area contributed by atoms with E-state index >= 15 is 0 Å². The second-order valence-electron chi connectivity index (χ2n) is 5.63. The second-order valence-corrected chi connectivity index (χ2v) is 5.63. The molecule has 4 heteroatoms. The van der Waals surface area contributed by atoms with Crippen molar-refractivity contribution >= 4 is 17.7 Å². The van der Waals surface area contributed by atoms with Crippen molar-refractivity contribution in [1.82, 2.24) is 0 Å². The SMILES string of the molecule is COCC1CCCN(c2ccc(/C=C/C(=O)O)cc2C)C1.